The molecule has 1 aromatic carbocycles. The van der Waals surface area contributed by atoms with Crippen LogP contribution in [-0.2, 0) is 14.8 Å². The van der Waals surface area contributed by atoms with Crippen LogP contribution in [0.2, 0.25) is 0 Å². The topological polar surface area (TPSA) is 92.5 Å². The van der Waals surface area contributed by atoms with Crippen LogP contribution in [0, 0.1) is 17.7 Å². The van der Waals surface area contributed by atoms with Crippen molar-refractivity contribution in [3.63, 3.8) is 0 Å². The van der Waals surface area contributed by atoms with Gasteiger partial charge >= 0.3 is 0 Å². The Kier molecular flexibility index (Phi) is 6.31. The molecule has 134 valence electrons. The van der Waals surface area contributed by atoms with E-state index in [1.54, 1.807) is 0 Å². The van der Waals surface area contributed by atoms with Gasteiger partial charge in [-0.15, -0.1) is 0 Å². The predicted molar refractivity (Wildman–Crippen MR) is 89.1 cm³/mol. The number of hydrogen-bond donors (Lipinski definition) is 2. The molecule has 0 aliphatic carbocycles. The summed E-state index contributed by atoms with van der Waals surface area (Å²) in [5.41, 5.74) is 5.53. The summed E-state index contributed by atoms with van der Waals surface area (Å²) in [7, 11) is -3.71. The molecule has 2 atom stereocenters. The van der Waals surface area contributed by atoms with Crippen LogP contribution in [0.3, 0.4) is 0 Å². The number of carbonyl (C=O) groups excluding carboxylic acids is 1. The van der Waals surface area contributed by atoms with Gasteiger partial charge in [-0.3, -0.25) is 4.79 Å². The minimum atomic E-state index is -3.71. The number of amides is 1. The van der Waals surface area contributed by atoms with E-state index in [-0.39, 0.29) is 29.2 Å². The SMILES string of the molecule is CC(CN)CNC(=O)C1CCCN(S(=O)(=O)c2ccc(F)cc2)C1. The lowest BCUT2D eigenvalue weighted by Gasteiger charge is -2.31. The minimum absolute atomic E-state index is 0.0433. The Hall–Kier alpha value is -1.51. The molecule has 0 radical (unpaired) electrons. The Morgan fingerprint density at radius 3 is 2.71 bits per heavy atom. The Bertz CT molecular complexity index is 664. The normalized spacial score (nSPS) is 20.5. The molecule has 0 spiro atoms. The number of nitrogens with two attached hydrogens (primary N) is 1. The van der Waals surface area contributed by atoms with E-state index in [0.717, 1.165) is 12.1 Å². The van der Waals surface area contributed by atoms with Crippen molar-refractivity contribution in [1.29, 1.82) is 0 Å². The third-order valence-electron chi connectivity index (χ3n) is 4.23. The van der Waals surface area contributed by atoms with E-state index in [1.165, 1.54) is 16.4 Å². The van der Waals surface area contributed by atoms with Crippen molar-refractivity contribution < 1.29 is 17.6 Å². The second-order valence-corrected chi connectivity index (χ2v) is 8.18. The molecule has 0 aromatic heterocycles. The zero-order valence-corrected chi connectivity index (χ0v) is 14.6. The van der Waals surface area contributed by atoms with E-state index in [0.29, 0.717) is 32.5 Å². The van der Waals surface area contributed by atoms with Gasteiger partial charge in [0.25, 0.3) is 0 Å². The maximum Gasteiger partial charge on any atom is 0.243 e. The van der Waals surface area contributed by atoms with E-state index >= 15 is 0 Å². The first-order chi connectivity index (χ1) is 11.3. The highest BCUT2D eigenvalue weighted by molar-refractivity contribution is 7.89. The Morgan fingerprint density at radius 2 is 2.08 bits per heavy atom. The molecule has 8 heteroatoms. The molecule has 2 unspecified atom stereocenters. The van der Waals surface area contributed by atoms with Crippen LogP contribution in [0.5, 0.6) is 0 Å². The number of piperidine rings is 1. The molecule has 1 heterocycles. The van der Waals surface area contributed by atoms with Crippen LogP contribution < -0.4 is 11.1 Å². The van der Waals surface area contributed by atoms with Gasteiger partial charge in [-0.2, -0.15) is 4.31 Å². The predicted octanol–water partition coefficient (Wildman–Crippen LogP) is 0.937. The number of sulfonamides is 1. The molecule has 1 aliphatic heterocycles. The molecule has 0 bridgehead atoms. The summed E-state index contributed by atoms with van der Waals surface area (Å²) in [6.07, 6.45) is 1.27. The quantitative estimate of drug-likeness (QED) is 0.792. The minimum Gasteiger partial charge on any atom is -0.356 e. The van der Waals surface area contributed by atoms with E-state index in [1.807, 2.05) is 6.92 Å². The molecule has 1 aliphatic rings. The summed E-state index contributed by atoms with van der Waals surface area (Å²) < 4.78 is 39.6. The van der Waals surface area contributed by atoms with Crippen molar-refractivity contribution in [2.24, 2.45) is 17.6 Å². The zero-order chi connectivity index (χ0) is 17.7. The van der Waals surface area contributed by atoms with Gasteiger partial charge < -0.3 is 11.1 Å². The van der Waals surface area contributed by atoms with Gasteiger partial charge in [0, 0.05) is 19.6 Å². The molecule has 3 N–H and O–H groups in total. The summed E-state index contributed by atoms with van der Waals surface area (Å²) in [5, 5.41) is 2.83. The molecule has 24 heavy (non-hydrogen) atoms. The molecular formula is C16H24FN3O3S. The summed E-state index contributed by atoms with van der Waals surface area (Å²) in [5.74, 6) is -0.830. The number of hydrogen-bond acceptors (Lipinski definition) is 4. The number of benzene rings is 1. The van der Waals surface area contributed by atoms with Crippen molar-refractivity contribution in [3.05, 3.63) is 30.1 Å². The number of nitrogens with zero attached hydrogens (tertiary/aromatic N) is 1. The fraction of sp³-hybridized carbons (Fsp3) is 0.562. The van der Waals surface area contributed by atoms with E-state index in [2.05, 4.69) is 5.32 Å². The number of rotatable bonds is 6. The van der Waals surface area contributed by atoms with Crippen molar-refractivity contribution in [2.45, 2.75) is 24.7 Å². The highest BCUT2D eigenvalue weighted by Crippen LogP contribution is 2.24. The average molecular weight is 357 g/mol. The van der Waals surface area contributed by atoms with E-state index < -0.39 is 15.8 Å². The molecule has 1 amide bonds. The third kappa shape index (κ3) is 4.52. The molecule has 0 saturated carbocycles. The molecular weight excluding hydrogens is 333 g/mol. The lowest BCUT2D eigenvalue weighted by molar-refractivity contribution is -0.126. The summed E-state index contributed by atoms with van der Waals surface area (Å²) in [6, 6.07) is 4.74. The van der Waals surface area contributed by atoms with Gasteiger partial charge in [0.05, 0.1) is 10.8 Å². The van der Waals surface area contributed by atoms with Crippen LogP contribution in [0.1, 0.15) is 19.8 Å². The summed E-state index contributed by atoms with van der Waals surface area (Å²) in [4.78, 5) is 12.3. The fourth-order valence-electron chi connectivity index (χ4n) is 2.63. The first-order valence-electron chi connectivity index (χ1n) is 8.08. The van der Waals surface area contributed by atoms with Crippen molar-refractivity contribution in [1.82, 2.24) is 9.62 Å². The molecule has 2 rings (SSSR count). The number of nitrogens with one attached hydrogen (secondary N) is 1. The average Bonchev–Trinajstić information content (AvgIpc) is 2.59. The fourth-order valence-corrected chi connectivity index (χ4v) is 4.16. The lowest BCUT2D eigenvalue weighted by Crippen LogP contribution is -2.46. The highest BCUT2D eigenvalue weighted by Gasteiger charge is 2.33. The van der Waals surface area contributed by atoms with Gasteiger partial charge in [-0.05, 0) is 49.6 Å². The van der Waals surface area contributed by atoms with E-state index in [4.69, 9.17) is 5.73 Å². The van der Waals surface area contributed by atoms with Gasteiger partial charge in [0.1, 0.15) is 5.82 Å². The molecule has 1 fully saturated rings. The van der Waals surface area contributed by atoms with Gasteiger partial charge in [-0.1, -0.05) is 6.92 Å². The van der Waals surface area contributed by atoms with Crippen molar-refractivity contribution in [3.8, 4) is 0 Å². The first-order valence-corrected chi connectivity index (χ1v) is 9.52. The molecule has 1 aromatic rings. The summed E-state index contributed by atoms with van der Waals surface area (Å²) in [6.45, 7) is 3.41. The summed E-state index contributed by atoms with van der Waals surface area (Å²) >= 11 is 0. The maximum absolute atomic E-state index is 13.0. The van der Waals surface area contributed by atoms with Crippen LogP contribution in [0.25, 0.3) is 0 Å². The Labute approximate surface area is 142 Å². The monoisotopic (exact) mass is 357 g/mol. The van der Waals surface area contributed by atoms with Gasteiger partial charge in [-0.25, -0.2) is 12.8 Å². The van der Waals surface area contributed by atoms with Gasteiger partial charge in [0.2, 0.25) is 15.9 Å². The van der Waals surface area contributed by atoms with Crippen molar-refractivity contribution >= 4 is 15.9 Å². The maximum atomic E-state index is 13.0. The standard InChI is InChI=1S/C16H24FN3O3S/c1-12(9-18)10-19-16(21)13-3-2-8-20(11-13)24(22,23)15-6-4-14(17)5-7-15/h4-7,12-13H,2-3,8-11,18H2,1H3,(H,19,21). The van der Waals surface area contributed by atoms with Crippen molar-refractivity contribution in [2.75, 3.05) is 26.2 Å². The molecule has 6 nitrogen and oxygen atoms in total. The van der Waals surface area contributed by atoms with Crippen LogP contribution in [0.4, 0.5) is 4.39 Å². The highest BCUT2D eigenvalue weighted by atomic mass is 32.2. The van der Waals surface area contributed by atoms with Gasteiger partial charge in [0.15, 0.2) is 0 Å². The first kappa shape index (κ1) is 18.8. The van der Waals surface area contributed by atoms with Crippen LogP contribution >= 0.6 is 0 Å². The molecule has 1 saturated heterocycles. The van der Waals surface area contributed by atoms with Crippen LogP contribution in [-0.4, -0.2) is 44.8 Å². The van der Waals surface area contributed by atoms with Crippen LogP contribution in [0.15, 0.2) is 29.2 Å². The smallest absolute Gasteiger partial charge is 0.243 e. The lowest BCUT2D eigenvalue weighted by atomic mass is 9.98. The largest absolute Gasteiger partial charge is 0.356 e. The number of halogens is 1. The number of carbonyl (C=O) groups is 1. The Balaban J connectivity index is 2.04. The zero-order valence-electron chi connectivity index (χ0n) is 13.7. The second-order valence-electron chi connectivity index (χ2n) is 6.24. The second kappa shape index (κ2) is 8.04. The third-order valence-corrected chi connectivity index (χ3v) is 6.11. The van der Waals surface area contributed by atoms with E-state index in [9.17, 15) is 17.6 Å². The Morgan fingerprint density at radius 1 is 1.42 bits per heavy atom.